The topological polar surface area (TPSA) is 49.9 Å². The van der Waals surface area contributed by atoms with E-state index in [1.165, 1.54) is 19.3 Å². The number of likely N-dealkylation sites (tertiary alicyclic amines) is 1. The summed E-state index contributed by atoms with van der Waals surface area (Å²) in [5.74, 6) is 0.611. The Bertz CT molecular complexity index is 501. The molecule has 4 rings (SSSR count). The van der Waals surface area contributed by atoms with E-state index < -0.39 is 0 Å². The second-order valence-corrected chi connectivity index (χ2v) is 8.32. The Hall–Kier alpha value is -1.10. The van der Waals surface area contributed by atoms with E-state index in [1.54, 1.807) is 0 Å². The van der Waals surface area contributed by atoms with Gasteiger partial charge >= 0.3 is 0 Å². The lowest BCUT2D eigenvalue weighted by Gasteiger charge is -2.45. The smallest absolute Gasteiger partial charge is 0.245 e. The average molecular weight is 348 g/mol. The fraction of sp³-hybridized carbons (Fsp3) is 0.900. The van der Waals surface area contributed by atoms with Crippen LogP contribution in [-0.4, -0.2) is 59.5 Å². The second-order valence-electron chi connectivity index (χ2n) is 8.32. The molecule has 0 bridgehead atoms. The van der Waals surface area contributed by atoms with Gasteiger partial charge in [0.15, 0.2) is 0 Å². The van der Waals surface area contributed by atoms with Gasteiger partial charge in [-0.05, 0) is 38.5 Å². The van der Waals surface area contributed by atoms with Gasteiger partial charge in [-0.25, -0.2) is 0 Å². The van der Waals surface area contributed by atoms with Crippen LogP contribution in [0.15, 0.2) is 0 Å². The molecule has 2 saturated carbocycles. The molecular formula is C20H32N2O3. The van der Waals surface area contributed by atoms with Crippen LogP contribution in [0.4, 0.5) is 0 Å². The number of amides is 2. The van der Waals surface area contributed by atoms with Gasteiger partial charge < -0.3 is 14.5 Å². The highest BCUT2D eigenvalue weighted by Gasteiger charge is 2.43. The molecule has 4 fully saturated rings. The number of rotatable bonds is 2. The summed E-state index contributed by atoms with van der Waals surface area (Å²) in [4.78, 5) is 30.4. The summed E-state index contributed by atoms with van der Waals surface area (Å²) in [7, 11) is 0. The number of carbonyl (C=O) groups is 2. The summed E-state index contributed by atoms with van der Waals surface area (Å²) in [5.41, 5.74) is 0. The normalized spacial score (nSPS) is 34.0. The molecule has 4 aliphatic rings. The van der Waals surface area contributed by atoms with Crippen LogP contribution in [0.25, 0.3) is 0 Å². The maximum Gasteiger partial charge on any atom is 0.245 e. The Morgan fingerprint density at radius 1 is 0.720 bits per heavy atom. The predicted octanol–water partition coefficient (Wildman–Crippen LogP) is 2.73. The zero-order valence-electron chi connectivity index (χ0n) is 15.3. The van der Waals surface area contributed by atoms with Crippen molar-refractivity contribution in [2.75, 3.05) is 19.7 Å². The molecule has 5 heteroatoms. The van der Waals surface area contributed by atoms with E-state index in [1.807, 2.05) is 4.90 Å². The zero-order valence-corrected chi connectivity index (χ0v) is 15.3. The molecule has 5 nitrogen and oxygen atoms in total. The molecular weight excluding hydrogens is 316 g/mol. The van der Waals surface area contributed by atoms with Crippen LogP contribution in [-0.2, 0) is 14.3 Å². The molecule has 0 aromatic carbocycles. The van der Waals surface area contributed by atoms with Crippen LogP contribution >= 0.6 is 0 Å². The van der Waals surface area contributed by atoms with Crippen molar-refractivity contribution >= 4 is 11.8 Å². The monoisotopic (exact) mass is 348 g/mol. The van der Waals surface area contributed by atoms with Gasteiger partial charge in [-0.3, -0.25) is 9.59 Å². The third-order valence-corrected chi connectivity index (χ3v) is 6.79. The van der Waals surface area contributed by atoms with E-state index in [4.69, 9.17) is 4.74 Å². The minimum atomic E-state index is -0.213. The Morgan fingerprint density at radius 2 is 1.48 bits per heavy atom. The first-order chi connectivity index (χ1) is 12.3. The van der Waals surface area contributed by atoms with Crippen molar-refractivity contribution in [1.29, 1.82) is 0 Å². The summed E-state index contributed by atoms with van der Waals surface area (Å²) >= 11 is 0. The molecule has 0 aromatic heterocycles. The van der Waals surface area contributed by atoms with Crippen LogP contribution in [0.5, 0.6) is 0 Å². The van der Waals surface area contributed by atoms with Crippen LogP contribution < -0.4 is 0 Å². The van der Waals surface area contributed by atoms with Crippen LogP contribution in [0, 0.1) is 5.92 Å². The molecule has 2 heterocycles. The van der Waals surface area contributed by atoms with Gasteiger partial charge in [0.25, 0.3) is 0 Å². The van der Waals surface area contributed by atoms with Gasteiger partial charge in [-0.15, -0.1) is 0 Å². The Morgan fingerprint density at radius 3 is 2.32 bits per heavy atom. The molecule has 25 heavy (non-hydrogen) atoms. The zero-order chi connectivity index (χ0) is 17.2. The Kier molecular flexibility index (Phi) is 5.30. The molecule has 2 aliphatic carbocycles. The van der Waals surface area contributed by atoms with E-state index in [-0.39, 0.29) is 35.9 Å². The molecule has 0 spiro atoms. The van der Waals surface area contributed by atoms with Gasteiger partial charge in [0.2, 0.25) is 11.8 Å². The lowest BCUT2D eigenvalue weighted by Crippen LogP contribution is -2.59. The van der Waals surface area contributed by atoms with Crippen molar-refractivity contribution in [2.45, 2.75) is 88.8 Å². The summed E-state index contributed by atoms with van der Waals surface area (Å²) in [6.07, 6.45) is 12.1. The van der Waals surface area contributed by atoms with Gasteiger partial charge in [-0.2, -0.15) is 0 Å². The molecule has 0 radical (unpaired) electrons. The van der Waals surface area contributed by atoms with Gasteiger partial charge in [0.1, 0.15) is 6.04 Å². The van der Waals surface area contributed by atoms with E-state index in [9.17, 15) is 9.59 Å². The molecule has 2 aliphatic heterocycles. The first kappa shape index (κ1) is 17.3. The van der Waals surface area contributed by atoms with Crippen molar-refractivity contribution in [1.82, 2.24) is 9.80 Å². The minimum absolute atomic E-state index is 0.161. The summed E-state index contributed by atoms with van der Waals surface area (Å²) in [6, 6.07) is 0.0253. The third-order valence-electron chi connectivity index (χ3n) is 6.79. The summed E-state index contributed by atoms with van der Waals surface area (Å²) in [5, 5.41) is 0. The third kappa shape index (κ3) is 3.44. The quantitative estimate of drug-likeness (QED) is 0.771. The summed E-state index contributed by atoms with van der Waals surface area (Å²) in [6.45, 7) is 2.11. The molecule has 140 valence electrons. The molecule has 0 unspecified atom stereocenters. The fourth-order valence-electron chi connectivity index (χ4n) is 5.43. The van der Waals surface area contributed by atoms with Crippen LogP contribution in [0.2, 0.25) is 0 Å². The van der Waals surface area contributed by atoms with Crippen molar-refractivity contribution in [3.8, 4) is 0 Å². The second kappa shape index (κ2) is 7.65. The average Bonchev–Trinajstić information content (AvgIpc) is 3.17. The van der Waals surface area contributed by atoms with Crippen molar-refractivity contribution in [2.24, 2.45) is 5.92 Å². The number of carbonyl (C=O) groups excluding carboxylic acids is 2. The Balaban J connectivity index is 1.45. The molecule has 2 saturated heterocycles. The molecule has 0 N–H and O–H groups in total. The van der Waals surface area contributed by atoms with Crippen molar-refractivity contribution < 1.29 is 14.3 Å². The standard InChI is InChI=1S/C20H32N2O3/c23-19(15-7-2-1-3-8-15)21-12-6-10-17(21)20(24)22-13-14-25-18-11-5-4-9-16(18)22/h15-18H,1-14H2/t16-,17+,18+/m0/s1. The van der Waals surface area contributed by atoms with Crippen molar-refractivity contribution in [3.63, 3.8) is 0 Å². The lowest BCUT2D eigenvalue weighted by atomic mass is 9.88. The number of fused-ring (bicyclic) bond motifs is 1. The number of nitrogens with zero attached hydrogens (tertiary/aromatic N) is 2. The number of ether oxygens (including phenoxy) is 1. The maximum atomic E-state index is 13.3. The molecule has 3 atom stereocenters. The number of morpholine rings is 1. The number of hydrogen-bond acceptors (Lipinski definition) is 3. The first-order valence-electron chi connectivity index (χ1n) is 10.5. The SMILES string of the molecule is O=C(C1CCCCC1)N1CCC[C@@H]1C(=O)N1CCO[C@@H]2CCCC[C@@H]21. The van der Waals surface area contributed by atoms with Crippen molar-refractivity contribution in [3.05, 3.63) is 0 Å². The van der Waals surface area contributed by atoms with Crippen LogP contribution in [0.3, 0.4) is 0 Å². The number of hydrogen-bond donors (Lipinski definition) is 0. The van der Waals surface area contributed by atoms with Crippen LogP contribution in [0.1, 0.15) is 70.6 Å². The highest BCUT2D eigenvalue weighted by Crippen LogP contribution is 2.32. The van der Waals surface area contributed by atoms with E-state index in [2.05, 4.69) is 4.90 Å². The summed E-state index contributed by atoms with van der Waals surface area (Å²) < 4.78 is 5.92. The van der Waals surface area contributed by atoms with Gasteiger partial charge in [-0.1, -0.05) is 32.1 Å². The Labute approximate surface area is 151 Å². The highest BCUT2D eigenvalue weighted by molar-refractivity contribution is 5.89. The molecule has 0 aromatic rings. The maximum absolute atomic E-state index is 13.3. The van der Waals surface area contributed by atoms with E-state index in [0.717, 1.165) is 57.9 Å². The highest BCUT2D eigenvalue weighted by atomic mass is 16.5. The minimum Gasteiger partial charge on any atom is -0.374 e. The molecule has 2 amide bonds. The lowest BCUT2D eigenvalue weighted by molar-refractivity contribution is -0.158. The van der Waals surface area contributed by atoms with Gasteiger partial charge in [0.05, 0.1) is 18.8 Å². The largest absolute Gasteiger partial charge is 0.374 e. The predicted molar refractivity (Wildman–Crippen MR) is 95.0 cm³/mol. The first-order valence-corrected chi connectivity index (χ1v) is 10.5. The van der Waals surface area contributed by atoms with E-state index in [0.29, 0.717) is 13.2 Å². The van der Waals surface area contributed by atoms with Gasteiger partial charge in [0, 0.05) is 19.0 Å². The van der Waals surface area contributed by atoms with E-state index >= 15 is 0 Å². The fourth-order valence-corrected chi connectivity index (χ4v) is 5.43.